The number of cyclic esters (lactones) is 2. The topological polar surface area (TPSA) is 93.2 Å². The fourth-order valence-electron chi connectivity index (χ4n) is 4.40. The van der Waals surface area contributed by atoms with E-state index in [0.29, 0.717) is 12.8 Å². The van der Waals surface area contributed by atoms with Gasteiger partial charge in [0.15, 0.2) is 0 Å². The summed E-state index contributed by atoms with van der Waals surface area (Å²) in [6.07, 6.45) is -0.490. The molecule has 2 aromatic carbocycles. The monoisotopic (exact) mass is 464 g/mol. The zero-order chi connectivity index (χ0) is 24.2. The Morgan fingerprint density at radius 3 is 1.44 bits per heavy atom. The second-order valence-corrected chi connectivity index (χ2v) is 8.83. The van der Waals surface area contributed by atoms with Crippen LogP contribution in [0.2, 0.25) is 0 Å². The Balaban J connectivity index is 1.46. The maximum absolute atomic E-state index is 13.3. The number of imide groups is 2. The molecule has 178 valence electrons. The number of rotatable bonds is 7. The van der Waals surface area contributed by atoms with E-state index >= 15 is 0 Å². The van der Waals surface area contributed by atoms with Gasteiger partial charge in [0.05, 0.1) is 12.1 Å². The lowest BCUT2D eigenvalue weighted by Crippen LogP contribution is -2.49. The summed E-state index contributed by atoms with van der Waals surface area (Å²) in [6, 6.07) is 18.2. The molecule has 2 saturated heterocycles. The average molecular weight is 465 g/mol. The number of carbonyl (C=O) groups is 4. The highest BCUT2D eigenvalue weighted by atomic mass is 16.6. The second-order valence-electron chi connectivity index (χ2n) is 8.83. The molecule has 2 aromatic rings. The Hall–Kier alpha value is -3.68. The normalized spacial score (nSPS) is 21.7. The van der Waals surface area contributed by atoms with Gasteiger partial charge in [0.2, 0.25) is 11.8 Å². The average Bonchev–Trinajstić information content (AvgIpc) is 3.40. The summed E-state index contributed by atoms with van der Waals surface area (Å²) in [5.41, 5.74) is 1.95. The first-order chi connectivity index (χ1) is 16.4. The highest BCUT2D eigenvalue weighted by molar-refractivity contribution is 6.00. The predicted molar refractivity (Wildman–Crippen MR) is 123 cm³/mol. The lowest BCUT2D eigenvalue weighted by molar-refractivity contribution is -0.143. The van der Waals surface area contributed by atoms with Gasteiger partial charge in [-0.2, -0.15) is 0 Å². The van der Waals surface area contributed by atoms with Gasteiger partial charge in [0.25, 0.3) is 0 Å². The predicted octanol–water partition coefficient (Wildman–Crippen LogP) is 3.44. The van der Waals surface area contributed by atoms with Gasteiger partial charge in [-0.15, -0.1) is 0 Å². The summed E-state index contributed by atoms with van der Waals surface area (Å²) in [4.78, 5) is 53.6. The fraction of sp³-hybridized carbons (Fsp3) is 0.385. The van der Waals surface area contributed by atoms with E-state index in [0.717, 1.165) is 20.9 Å². The lowest BCUT2D eigenvalue weighted by Gasteiger charge is -2.28. The quantitative estimate of drug-likeness (QED) is 0.623. The molecule has 0 aromatic heterocycles. The van der Waals surface area contributed by atoms with Crippen LogP contribution in [0.3, 0.4) is 0 Å². The number of carbonyl (C=O) groups excluding carboxylic acids is 4. The largest absolute Gasteiger partial charge is 0.447 e. The van der Waals surface area contributed by atoms with Crippen LogP contribution in [-0.4, -0.2) is 59.1 Å². The zero-order valence-corrected chi connectivity index (χ0v) is 19.3. The molecule has 8 heteroatoms. The minimum absolute atomic E-state index is 0.103. The Morgan fingerprint density at radius 1 is 0.735 bits per heavy atom. The van der Waals surface area contributed by atoms with Crippen LogP contribution in [0.25, 0.3) is 0 Å². The number of benzene rings is 2. The molecule has 4 atom stereocenters. The highest BCUT2D eigenvalue weighted by Gasteiger charge is 2.45. The van der Waals surface area contributed by atoms with Crippen LogP contribution in [0.5, 0.6) is 0 Å². The molecule has 0 N–H and O–H groups in total. The van der Waals surface area contributed by atoms with Gasteiger partial charge in [0, 0.05) is 11.8 Å². The van der Waals surface area contributed by atoms with Crippen molar-refractivity contribution in [2.45, 2.75) is 38.8 Å². The minimum Gasteiger partial charge on any atom is -0.447 e. The van der Waals surface area contributed by atoms with E-state index < -0.39 is 47.9 Å². The molecular formula is C26H28N2O6. The molecule has 0 bridgehead atoms. The van der Waals surface area contributed by atoms with Crippen molar-refractivity contribution < 1.29 is 28.7 Å². The number of hydrogen-bond acceptors (Lipinski definition) is 6. The third kappa shape index (κ3) is 4.81. The van der Waals surface area contributed by atoms with Crippen LogP contribution in [0.15, 0.2) is 60.7 Å². The Labute approximate surface area is 198 Å². The first kappa shape index (κ1) is 23.5. The van der Waals surface area contributed by atoms with E-state index in [-0.39, 0.29) is 13.2 Å². The van der Waals surface area contributed by atoms with Crippen molar-refractivity contribution in [2.75, 3.05) is 13.2 Å². The number of ether oxygens (including phenoxy) is 2. The lowest BCUT2D eigenvalue weighted by atomic mass is 9.91. The van der Waals surface area contributed by atoms with Crippen LogP contribution in [0.1, 0.15) is 25.0 Å². The molecule has 34 heavy (non-hydrogen) atoms. The first-order valence-corrected chi connectivity index (χ1v) is 11.4. The van der Waals surface area contributed by atoms with Crippen LogP contribution in [0.4, 0.5) is 9.59 Å². The SMILES string of the molecule is C[C@H](C(=O)N1C(=O)OC[C@@H]1Cc1ccccc1)[C@H](C)C(=O)N1C(=O)OC[C@@H]1Cc1ccccc1. The molecular weight excluding hydrogens is 436 g/mol. The van der Waals surface area contributed by atoms with Crippen molar-refractivity contribution >= 4 is 24.0 Å². The third-order valence-electron chi connectivity index (χ3n) is 6.55. The molecule has 0 unspecified atom stereocenters. The highest BCUT2D eigenvalue weighted by Crippen LogP contribution is 2.27. The van der Waals surface area contributed by atoms with E-state index in [1.54, 1.807) is 13.8 Å². The maximum atomic E-state index is 13.3. The van der Waals surface area contributed by atoms with E-state index in [9.17, 15) is 19.2 Å². The first-order valence-electron chi connectivity index (χ1n) is 11.4. The Kier molecular flexibility index (Phi) is 6.95. The number of amides is 4. The van der Waals surface area contributed by atoms with Crippen molar-refractivity contribution in [3.05, 3.63) is 71.8 Å². The smallest absolute Gasteiger partial charge is 0.416 e. The van der Waals surface area contributed by atoms with E-state index in [1.165, 1.54) is 0 Å². The third-order valence-corrected chi connectivity index (χ3v) is 6.55. The summed E-state index contributed by atoms with van der Waals surface area (Å²) in [5.74, 6) is -2.64. The van der Waals surface area contributed by atoms with Crippen molar-refractivity contribution in [1.82, 2.24) is 9.80 Å². The number of hydrogen-bond donors (Lipinski definition) is 0. The number of nitrogens with zero attached hydrogens (tertiary/aromatic N) is 2. The Morgan fingerprint density at radius 2 is 1.09 bits per heavy atom. The second kappa shape index (κ2) is 10.1. The van der Waals surface area contributed by atoms with Crippen molar-refractivity contribution in [3.8, 4) is 0 Å². The van der Waals surface area contributed by atoms with Crippen molar-refractivity contribution in [2.24, 2.45) is 11.8 Å². The maximum Gasteiger partial charge on any atom is 0.416 e. The van der Waals surface area contributed by atoms with Crippen molar-refractivity contribution in [3.63, 3.8) is 0 Å². The van der Waals surface area contributed by atoms with Crippen LogP contribution < -0.4 is 0 Å². The van der Waals surface area contributed by atoms with Gasteiger partial charge in [-0.1, -0.05) is 74.5 Å². The molecule has 4 rings (SSSR count). The van der Waals surface area contributed by atoms with Crippen molar-refractivity contribution in [1.29, 1.82) is 0 Å². The van der Waals surface area contributed by atoms with E-state index in [2.05, 4.69) is 0 Å². The molecule has 2 aliphatic heterocycles. The summed E-state index contributed by atoms with van der Waals surface area (Å²) in [7, 11) is 0. The standard InChI is InChI=1S/C26H28N2O6/c1-17(23(29)27-21(15-33-25(27)31)13-19-9-5-3-6-10-19)18(2)24(30)28-22(16-34-26(28)32)14-20-11-7-4-8-12-20/h3-12,17-18,21-22H,13-16H2,1-2H3/t17-,18-,21-,22-/m0/s1. The summed E-state index contributed by atoms with van der Waals surface area (Å²) < 4.78 is 10.3. The molecule has 4 amide bonds. The molecule has 2 heterocycles. The fourth-order valence-corrected chi connectivity index (χ4v) is 4.40. The van der Waals surface area contributed by atoms with Gasteiger partial charge < -0.3 is 9.47 Å². The Bertz CT molecular complexity index is 972. The zero-order valence-electron chi connectivity index (χ0n) is 19.3. The molecule has 0 radical (unpaired) electrons. The van der Waals surface area contributed by atoms with Gasteiger partial charge in [-0.3, -0.25) is 9.59 Å². The summed E-state index contributed by atoms with van der Waals surface area (Å²) in [5, 5.41) is 0. The van der Waals surface area contributed by atoms with E-state index in [1.807, 2.05) is 60.7 Å². The molecule has 0 saturated carbocycles. The van der Waals surface area contributed by atoms with Crippen LogP contribution >= 0.6 is 0 Å². The summed E-state index contributed by atoms with van der Waals surface area (Å²) >= 11 is 0. The van der Waals surface area contributed by atoms with Crippen LogP contribution in [0, 0.1) is 11.8 Å². The summed E-state index contributed by atoms with van der Waals surface area (Å²) in [6.45, 7) is 3.41. The van der Waals surface area contributed by atoms with Gasteiger partial charge in [0.1, 0.15) is 13.2 Å². The van der Waals surface area contributed by atoms with E-state index in [4.69, 9.17) is 9.47 Å². The molecule has 0 aliphatic carbocycles. The molecule has 2 aliphatic rings. The molecule has 2 fully saturated rings. The minimum atomic E-state index is -0.831. The van der Waals surface area contributed by atoms with Crippen LogP contribution in [-0.2, 0) is 31.9 Å². The molecule has 8 nitrogen and oxygen atoms in total. The van der Waals surface area contributed by atoms with Gasteiger partial charge >= 0.3 is 12.2 Å². The molecule has 0 spiro atoms. The van der Waals surface area contributed by atoms with Gasteiger partial charge in [-0.05, 0) is 24.0 Å². The van der Waals surface area contributed by atoms with Gasteiger partial charge in [-0.25, -0.2) is 19.4 Å².